The SMILES string of the molecule is CCNCc1cccc(NC(=O)c2cccc(Cl)c2F)c1. The van der Waals surface area contributed by atoms with Crippen LogP contribution >= 0.6 is 11.6 Å². The molecule has 3 nitrogen and oxygen atoms in total. The van der Waals surface area contributed by atoms with E-state index >= 15 is 0 Å². The fourth-order valence-corrected chi connectivity index (χ4v) is 2.08. The number of halogens is 2. The second kappa shape index (κ2) is 7.20. The van der Waals surface area contributed by atoms with Gasteiger partial charge in [0.2, 0.25) is 0 Å². The van der Waals surface area contributed by atoms with E-state index < -0.39 is 11.7 Å². The Balaban J connectivity index is 2.14. The third-order valence-corrected chi connectivity index (χ3v) is 3.25. The Labute approximate surface area is 128 Å². The number of carbonyl (C=O) groups excluding carboxylic acids is 1. The van der Waals surface area contributed by atoms with Crippen molar-refractivity contribution in [2.75, 3.05) is 11.9 Å². The molecule has 1 amide bonds. The fourth-order valence-electron chi connectivity index (χ4n) is 1.91. The largest absolute Gasteiger partial charge is 0.322 e. The van der Waals surface area contributed by atoms with Gasteiger partial charge in [-0.25, -0.2) is 4.39 Å². The molecule has 0 fully saturated rings. The Hall–Kier alpha value is -1.91. The smallest absolute Gasteiger partial charge is 0.258 e. The van der Waals surface area contributed by atoms with Crippen molar-refractivity contribution in [1.82, 2.24) is 5.32 Å². The summed E-state index contributed by atoms with van der Waals surface area (Å²) in [6.07, 6.45) is 0. The second-order valence-corrected chi connectivity index (χ2v) is 4.94. The van der Waals surface area contributed by atoms with Gasteiger partial charge in [0.05, 0.1) is 10.6 Å². The molecule has 5 heteroatoms. The molecule has 0 aliphatic carbocycles. The van der Waals surface area contributed by atoms with Gasteiger partial charge in [-0.05, 0) is 36.4 Å². The molecule has 2 N–H and O–H groups in total. The van der Waals surface area contributed by atoms with E-state index in [1.807, 2.05) is 25.1 Å². The molecule has 0 saturated carbocycles. The van der Waals surface area contributed by atoms with E-state index in [1.165, 1.54) is 12.1 Å². The van der Waals surface area contributed by atoms with Crippen LogP contribution in [0.1, 0.15) is 22.8 Å². The Morgan fingerprint density at radius 2 is 2.00 bits per heavy atom. The first-order valence-corrected chi connectivity index (χ1v) is 7.04. The fraction of sp³-hybridized carbons (Fsp3) is 0.188. The minimum atomic E-state index is -0.708. The molecule has 0 spiro atoms. The van der Waals surface area contributed by atoms with Crippen LogP contribution in [-0.2, 0) is 6.54 Å². The van der Waals surface area contributed by atoms with Crippen molar-refractivity contribution >= 4 is 23.2 Å². The molecule has 21 heavy (non-hydrogen) atoms. The van der Waals surface area contributed by atoms with Crippen molar-refractivity contribution in [2.24, 2.45) is 0 Å². The highest BCUT2D eigenvalue weighted by atomic mass is 35.5. The minimum Gasteiger partial charge on any atom is -0.322 e. The normalized spacial score (nSPS) is 10.4. The molecule has 0 heterocycles. The van der Waals surface area contributed by atoms with Gasteiger partial charge < -0.3 is 10.6 Å². The Bertz CT molecular complexity index is 646. The van der Waals surface area contributed by atoms with Crippen molar-refractivity contribution < 1.29 is 9.18 Å². The van der Waals surface area contributed by atoms with Crippen molar-refractivity contribution in [3.63, 3.8) is 0 Å². The number of hydrogen-bond acceptors (Lipinski definition) is 2. The van der Waals surface area contributed by atoms with E-state index in [4.69, 9.17) is 11.6 Å². The van der Waals surface area contributed by atoms with Gasteiger partial charge in [-0.3, -0.25) is 4.79 Å². The second-order valence-electron chi connectivity index (χ2n) is 4.54. The average Bonchev–Trinajstić information content (AvgIpc) is 2.48. The molecule has 0 aromatic heterocycles. The standard InChI is InChI=1S/C16H16ClFN2O/c1-2-19-10-11-5-3-6-12(9-11)20-16(21)13-7-4-8-14(17)15(13)18/h3-9,19H,2,10H2,1H3,(H,20,21). The first-order chi connectivity index (χ1) is 10.1. The van der Waals surface area contributed by atoms with Crippen LogP contribution in [-0.4, -0.2) is 12.5 Å². The van der Waals surface area contributed by atoms with E-state index in [2.05, 4.69) is 10.6 Å². The van der Waals surface area contributed by atoms with Gasteiger partial charge in [-0.15, -0.1) is 0 Å². The maximum atomic E-state index is 13.8. The van der Waals surface area contributed by atoms with Gasteiger partial charge in [0.15, 0.2) is 5.82 Å². The van der Waals surface area contributed by atoms with Crippen LogP contribution in [0.2, 0.25) is 5.02 Å². The summed E-state index contributed by atoms with van der Waals surface area (Å²) in [6, 6.07) is 11.8. The summed E-state index contributed by atoms with van der Waals surface area (Å²) in [5.41, 5.74) is 1.59. The Morgan fingerprint density at radius 3 is 2.76 bits per heavy atom. The van der Waals surface area contributed by atoms with Gasteiger partial charge >= 0.3 is 0 Å². The van der Waals surface area contributed by atoms with Crippen LogP contribution in [0.15, 0.2) is 42.5 Å². The van der Waals surface area contributed by atoms with Crippen LogP contribution in [0.3, 0.4) is 0 Å². The number of amides is 1. The summed E-state index contributed by atoms with van der Waals surface area (Å²) in [5, 5.41) is 5.81. The molecule has 2 aromatic rings. The molecule has 110 valence electrons. The highest BCUT2D eigenvalue weighted by Gasteiger charge is 2.14. The van der Waals surface area contributed by atoms with Crippen molar-refractivity contribution in [1.29, 1.82) is 0 Å². The van der Waals surface area contributed by atoms with Crippen LogP contribution in [0.25, 0.3) is 0 Å². The van der Waals surface area contributed by atoms with Crippen molar-refractivity contribution in [3.8, 4) is 0 Å². The van der Waals surface area contributed by atoms with Crippen molar-refractivity contribution in [2.45, 2.75) is 13.5 Å². The van der Waals surface area contributed by atoms with E-state index in [0.29, 0.717) is 12.2 Å². The third-order valence-electron chi connectivity index (χ3n) is 2.96. The molecule has 0 saturated heterocycles. The molecule has 0 radical (unpaired) electrons. The summed E-state index contributed by atoms with van der Waals surface area (Å²) < 4.78 is 13.8. The molecule has 0 bridgehead atoms. The van der Waals surface area contributed by atoms with Crippen LogP contribution < -0.4 is 10.6 Å². The summed E-state index contributed by atoms with van der Waals surface area (Å²) in [7, 11) is 0. The average molecular weight is 307 g/mol. The molecular weight excluding hydrogens is 291 g/mol. The lowest BCUT2D eigenvalue weighted by Gasteiger charge is -2.09. The lowest BCUT2D eigenvalue weighted by Crippen LogP contribution is -2.15. The lowest BCUT2D eigenvalue weighted by molar-refractivity contribution is 0.102. The number of anilines is 1. The summed E-state index contributed by atoms with van der Waals surface area (Å²) in [5.74, 6) is -1.23. The molecule has 2 aromatic carbocycles. The maximum Gasteiger partial charge on any atom is 0.258 e. The first kappa shape index (κ1) is 15.5. The number of hydrogen-bond donors (Lipinski definition) is 2. The molecule has 0 unspecified atom stereocenters. The van der Waals surface area contributed by atoms with E-state index in [0.717, 1.165) is 12.1 Å². The van der Waals surface area contributed by atoms with Crippen LogP contribution in [0.5, 0.6) is 0 Å². The minimum absolute atomic E-state index is 0.0662. The molecule has 0 aliphatic heterocycles. The summed E-state index contributed by atoms with van der Waals surface area (Å²) >= 11 is 5.68. The third kappa shape index (κ3) is 4.03. The van der Waals surface area contributed by atoms with Crippen molar-refractivity contribution in [3.05, 3.63) is 64.4 Å². The maximum absolute atomic E-state index is 13.8. The Morgan fingerprint density at radius 1 is 1.24 bits per heavy atom. The highest BCUT2D eigenvalue weighted by molar-refractivity contribution is 6.31. The van der Waals surface area contributed by atoms with E-state index in [1.54, 1.807) is 12.1 Å². The van der Waals surface area contributed by atoms with E-state index in [9.17, 15) is 9.18 Å². The molecule has 0 aliphatic rings. The monoisotopic (exact) mass is 306 g/mol. The molecule has 0 atom stereocenters. The predicted molar refractivity (Wildman–Crippen MR) is 83.2 cm³/mol. The number of benzene rings is 2. The number of rotatable bonds is 5. The number of carbonyl (C=O) groups is 1. The van der Waals surface area contributed by atoms with Crippen LogP contribution in [0, 0.1) is 5.82 Å². The van der Waals surface area contributed by atoms with Gasteiger partial charge in [-0.2, -0.15) is 0 Å². The van der Waals surface area contributed by atoms with Gasteiger partial charge in [-0.1, -0.05) is 36.7 Å². The Kier molecular flexibility index (Phi) is 5.31. The topological polar surface area (TPSA) is 41.1 Å². The number of nitrogens with one attached hydrogen (secondary N) is 2. The summed E-state index contributed by atoms with van der Waals surface area (Å²) in [6.45, 7) is 3.60. The zero-order valence-corrected chi connectivity index (χ0v) is 12.4. The lowest BCUT2D eigenvalue weighted by atomic mass is 10.1. The zero-order chi connectivity index (χ0) is 15.2. The predicted octanol–water partition coefficient (Wildman–Crippen LogP) is 3.84. The molecule has 2 rings (SSSR count). The quantitative estimate of drug-likeness (QED) is 0.881. The van der Waals surface area contributed by atoms with Crippen LogP contribution in [0.4, 0.5) is 10.1 Å². The first-order valence-electron chi connectivity index (χ1n) is 6.67. The van der Waals surface area contributed by atoms with E-state index in [-0.39, 0.29) is 10.6 Å². The van der Waals surface area contributed by atoms with Gasteiger partial charge in [0.1, 0.15) is 0 Å². The zero-order valence-electron chi connectivity index (χ0n) is 11.6. The van der Waals surface area contributed by atoms with Gasteiger partial charge in [0.25, 0.3) is 5.91 Å². The molecular formula is C16H16ClFN2O. The highest BCUT2D eigenvalue weighted by Crippen LogP contribution is 2.19. The summed E-state index contributed by atoms with van der Waals surface area (Å²) in [4.78, 5) is 12.1. The van der Waals surface area contributed by atoms with Gasteiger partial charge in [0, 0.05) is 12.2 Å².